The van der Waals surface area contributed by atoms with Gasteiger partial charge >= 0.3 is 0 Å². The average molecular weight is 239 g/mol. The fourth-order valence-electron chi connectivity index (χ4n) is 2.45. The van der Waals surface area contributed by atoms with E-state index < -0.39 is 12.2 Å². The number of dihydropyridines is 1. The van der Waals surface area contributed by atoms with Crippen LogP contribution in [-0.4, -0.2) is 39.2 Å². The average Bonchev–Trinajstić information content (AvgIpc) is 2.57. The molecule has 1 heterocycles. The number of aliphatic hydroxyl groups is 4. The summed E-state index contributed by atoms with van der Waals surface area (Å²) >= 11 is 0. The molecule has 2 rings (SSSR count). The van der Waals surface area contributed by atoms with Crippen molar-refractivity contribution in [2.75, 3.05) is 6.61 Å². The maximum atomic E-state index is 9.90. The molecule has 1 fully saturated rings. The van der Waals surface area contributed by atoms with Crippen LogP contribution < -0.4 is 5.32 Å². The smallest absolute Gasteiger partial charge is 0.192 e. The molecule has 1 saturated carbocycles. The third-order valence-corrected chi connectivity index (χ3v) is 3.45. The molecule has 1 aliphatic carbocycles. The minimum absolute atomic E-state index is 0.0488. The van der Waals surface area contributed by atoms with E-state index in [2.05, 4.69) is 11.9 Å². The van der Waals surface area contributed by atoms with Crippen LogP contribution in [0.15, 0.2) is 35.9 Å². The van der Waals surface area contributed by atoms with Crippen LogP contribution in [0.4, 0.5) is 0 Å². The Hall–Kier alpha value is -1.30. The molecule has 17 heavy (non-hydrogen) atoms. The van der Waals surface area contributed by atoms with Crippen LogP contribution in [0.3, 0.4) is 0 Å². The summed E-state index contributed by atoms with van der Waals surface area (Å²) in [5, 5.41) is 41.1. The first kappa shape index (κ1) is 12.2. The number of nitrogens with one attached hydrogen (secondary N) is 1. The number of allylic oxidation sites excluding steroid dienone is 2. The molecule has 0 bridgehead atoms. The number of hydrogen-bond donors (Lipinski definition) is 5. The van der Waals surface area contributed by atoms with Gasteiger partial charge in [0.2, 0.25) is 0 Å². The zero-order valence-corrected chi connectivity index (χ0v) is 9.37. The highest BCUT2D eigenvalue weighted by atomic mass is 16.3. The second kappa shape index (κ2) is 4.52. The van der Waals surface area contributed by atoms with Crippen LogP contribution in [0.2, 0.25) is 0 Å². The summed E-state index contributed by atoms with van der Waals surface area (Å²) in [7, 11) is 0. The Labute approximate surface area is 99.4 Å². The minimum atomic E-state index is -0.970. The van der Waals surface area contributed by atoms with Gasteiger partial charge in [0.25, 0.3) is 0 Å². The van der Waals surface area contributed by atoms with E-state index >= 15 is 0 Å². The second-order valence-corrected chi connectivity index (χ2v) is 4.55. The summed E-state index contributed by atoms with van der Waals surface area (Å²) < 4.78 is 0. The van der Waals surface area contributed by atoms with E-state index in [4.69, 9.17) is 5.11 Å². The molecule has 0 spiro atoms. The minimum Gasteiger partial charge on any atom is -0.494 e. The molecule has 5 heteroatoms. The first-order chi connectivity index (χ1) is 8.04. The Kier molecular flexibility index (Phi) is 3.24. The molecule has 94 valence electrons. The normalized spacial score (nSPS) is 37.5. The highest BCUT2D eigenvalue weighted by Crippen LogP contribution is 2.38. The Morgan fingerprint density at radius 2 is 2.00 bits per heavy atom. The van der Waals surface area contributed by atoms with Crippen molar-refractivity contribution in [1.82, 2.24) is 5.32 Å². The quantitative estimate of drug-likeness (QED) is 0.459. The van der Waals surface area contributed by atoms with Crippen molar-refractivity contribution in [3.05, 3.63) is 35.9 Å². The largest absolute Gasteiger partial charge is 0.494 e. The topological polar surface area (TPSA) is 93.0 Å². The number of rotatable bonds is 2. The lowest BCUT2D eigenvalue weighted by Gasteiger charge is -2.22. The third-order valence-electron chi connectivity index (χ3n) is 3.45. The van der Waals surface area contributed by atoms with Crippen LogP contribution >= 0.6 is 0 Å². The third kappa shape index (κ3) is 2.09. The van der Waals surface area contributed by atoms with Crippen LogP contribution in [-0.2, 0) is 0 Å². The van der Waals surface area contributed by atoms with Gasteiger partial charge in [-0.3, -0.25) is 0 Å². The molecular weight excluding hydrogens is 222 g/mol. The highest BCUT2D eigenvalue weighted by molar-refractivity contribution is 5.37. The Morgan fingerprint density at radius 3 is 2.53 bits per heavy atom. The molecule has 5 N–H and O–H groups in total. The zero-order valence-electron chi connectivity index (χ0n) is 9.37. The maximum absolute atomic E-state index is 9.90. The van der Waals surface area contributed by atoms with E-state index in [1.165, 1.54) is 0 Å². The zero-order chi connectivity index (χ0) is 12.6. The van der Waals surface area contributed by atoms with Crippen LogP contribution in [0.1, 0.15) is 6.42 Å². The number of aliphatic hydroxyl groups excluding tert-OH is 4. The van der Waals surface area contributed by atoms with Crippen molar-refractivity contribution < 1.29 is 20.4 Å². The van der Waals surface area contributed by atoms with Crippen molar-refractivity contribution in [3.63, 3.8) is 0 Å². The number of hydrogen-bond acceptors (Lipinski definition) is 5. The van der Waals surface area contributed by atoms with E-state index in [9.17, 15) is 15.3 Å². The highest BCUT2D eigenvalue weighted by Gasteiger charge is 2.43. The van der Waals surface area contributed by atoms with E-state index in [0.717, 1.165) is 0 Å². The molecular formula is C12H17NO4. The molecule has 1 aliphatic heterocycles. The molecule has 0 aromatic carbocycles. The van der Waals surface area contributed by atoms with Gasteiger partial charge in [-0.05, 0) is 12.5 Å². The van der Waals surface area contributed by atoms with Crippen molar-refractivity contribution >= 4 is 0 Å². The van der Waals surface area contributed by atoms with Crippen LogP contribution in [0.5, 0.6) is 0 Å². The first-order valence-corrected chi connectivity index (χ1v) is 5.58. The Morgan fingerprint density at radius 1 is 1.29 bits per heavy atom. The van der Waals surface area contributed by atoms with Gasteiger partial charge in [0.05, 0.1) is 12.2 Å². The van der Waals surface area contributed by atoms with Gasteiger partial charge in [0.1, 0.15) is 0 Å². The fourth-order valence-corrected chi connectivity index (χ4v) is 2.45. The lowest BCUT2D eigenvalue weighted by molar-refractivity contribution is -0.00189. The van der Waals surface area contributed by atoms with E-state index in [0.29, 0.717) is 17.7 Å². The van der Waals surface area contributed by atoms with E-state index in [-0.39, 0.29) is 24.3 Å². The summed E-state index contributed by atoms with van der Waals surface area (Å²) in [4.78, 5) is 0. The predicted molar refractivity (Wildman–Crippen MR) is 61.8 cm³/mol. The van der Waals surface area contributed by atoms with Gasteiger partial charge in [-0.1, -0.05) is 12.7 Å². The molecule has 0 aromatic rings. The summed E-state index contributed by atoms with van der Waals surface area (Å²) in [6.07, 6.45) is 1.89. The molecule has 0 amide bonds. The van der Waals surface area contributed by atoms with Crippen molar-refractivity contribution in [2.45, 2.75) is 18.6 Å². The van der Waals surface area contributed by atoms with Gasteiger partial charge in [0, 0.05) is 29.7 Å². The second-order valence-electron chi connectivity index (χ2n) is 4.55. The lowest BCUT2D eigenvalue weighted by Crippen LogP contribution is -2.31. The van der Waals surface area contributed by atoms with Crippen LogP contribution in [0, 0.1) is 11.8 Å². The molecule has 5 nitrogen and oxygen atoms in total. The van der Waals surface area contributed by atoms with Gasteiger partial charge in [0.15, 0.2) is 5.88 Å². The molecule has 0 aromatic heterocycles. The van der Waals surface area contributed by atoms with Gasteiger partial charge < -0.3 is 25.7 Å². The van der Waals surface area contributed by atoms with E-state index in [1.807, 2.05) is 0 Å². The summed E-state index contributed by atoms with van der Waals surface area (Å²) in [5.74, 6) is -0.778. The van der Waals surface area contributed by atoms with Crippen LogP contribution in [0.25, 0.3) is 0 Å². The monoisotopic (exact) mass is 239 g/mol. The SMILES string of the molecule is C=C1C=CC(C2C[C@H](CO)[C@@H](O)[C@H]2O)=C(O)N1. The standard InChI is InChI=1S/C12H17NO4/c1-6-2-3-8(12(17)13-6)9-4-7(5-14)10(15)11(9)16/h2-3,7,9-11,13-17H,1,4-5H2/t7-,9?,10-,11+/m1/s1. The van der Waals surface area contributed by atoms with Crippen molar-refractivity contribution in [3.8, 4) is 0 Å². The van der Waals surface area contributed by atoms with E-state index in [1.54, 1.807) is 12.2 Å². The maximum Gasteiger partial charge on any atom is 0.192 e. The molecule has 1 unspecified atom stereocenters. The molecule has 2 aliphatic rings. The fraction of sp³-hybridized carbons (Fsp3) is 0.500. The Balaban J connectivity index is 2.22. The summed E-state index contributed by atoms with van der Waals surface area (Å²) in [6, 6.07) is 0. The first-order valence-electron chi connectivity index (χ1n) is 5.58. The summed E-state index contributed by atoms with van der Waals surface area (Å²) in [6.45, 7) is 3.47. The summed E-state index contributed by atoms with van der Waals surface area (Å²) in [5.41, 5.74) is 1.11. The Bertz CT molecular complexity index is 388. The molecule has 4 atom stereocenters. The van der Waals surface area contributed by atoms with Gasteiger partial charge in [-0.2, -0.15) is 0 Å². The van der Waals surface area contributed by atoms with Crippen molar-refractivity contribution in [2.24, 2.45) is 11.8 Å². The van der Waals surface area contributed by atoms with Gasteiger partial charge in [-0.25, -0.2) is 0 Å². The predicted octanol–water partition coefficient (Wildman–Crippen LogP) is -0.221. The lowest BCUT2D eigenvalue weighted by atomic mass is 9.93. The van der Waals surface area contributed by atoms with Crippen molar-refractivity contribution in [1.29, 1.82) is 0 Å². The molecule has 0 radical (unpaired) electrons. The van der Waals surface area contributed by atoms with Gasteiger partial charge in [-0.15, -0.1) is 0 Å². The molecule has 0 saturated heterocycles.